The van der Waals surface area contributed by atoms with Crippen LogP contribution in [0.25, 0.3) is 0 Å². The molecule has 0 aliphatic carbocycles. The highest BCUT2D eigenvalue weighted by Gasteiger charge is 2.29. The van der Waals surface area contributed by atoms with E-state index in [2.05, 4.69) is 10.0 Å². The van der Waals surface area contributed by atoms with Gasteiger partial charge in [-0.3, -0.25) is 4.79 Å². The highest BCUT2D eigenvalue weighted by molar-refractivity contribution is 7.89. The van der Waals surface area contributed by atoms with Gasteiger partial charge in [0.05, 0.1) is 10.9 Å². The SMILES string of the molecule is Cc1ccc(S(=O)(=O)NC(C(=O)NC(C)c2cccc(Cl)c2)C(C)C)cc1. The van der Waals surface area contributed by atoms with Crippen molar-refractivity contribution in [1.82, 2.24) is 10.0 Å². The largest absolute Gasteiger partial charge is 0.348 e. The van der Waals surface area contributed by atoms with Crippen molar-refractivity contribution in [3.05, 3.63) is 64.7 Å². The molecule has 7 heteroatoms. The first-order chi connectivity index (χ1) is 12.6. The highest BCUT2D eigenvalue weighted by atomic mass is 35.5. The first-order valence-corrected chi connectivity index (χ1v) is 10.6. The summed E-state index contributed by atoms with van der Waals surface area (Å²) in [7, 11) is -3.81. The van der Waals surface area contributed by atoms with Gasteiger partial charge in [-0.25, -0.2) is 8.42 Å². The first kappa shape index (κ1) is 21.4. The van der Waals surface area contributed by atoms with E-state index in [0.717, 1.165) is 11.1 Å². The van der Waals surface area contributed by atoms with Crippen molar-refractivity contribution in [2.45, 2.75) is 44.7 Å². The van der Waals surface area contributed by atoms with Crippen LogP contribution in [0.4, 0.5) is 0 Å². The van der Waals surface area contributed by atoms with Gasteiger partial charge in [0, 0.05) is 5.02 Å². The summed E-state index contributed by atoms with van der Waals surface area (Å²) in [5.41, 5.74) is 1.81. The summed E-state index contributed by atoms with van der Waals surface area (Å²) >= 11 is 6.00. The Bertz CT molecular complexity index is 896. The van der Waals surface area contributed by atoms with Crippen LogP contribution in [0.15, 0.2) is 53.4 Å². The van der Waals surface area contributed by atoms with Crippen molar-refractivity contribution < 1.29 is 13.2 Å². The molecule has 2 N–H and O–H groups in total. The quantitative estimate of drug-likeness (QED) is 0.731. The molecular weight excluding hydrogens is 384 g/mol. The average molecular weight is 409 g/mol. The van der Waals surface area contributed by atoms with Crippen LogP contribution in [-0.4, -0.2) is 20.4 Å². The third kappa shape index (κ3) is 5.79. The second kappa shape index (κ2) is 8.87. The molecule has 0 aromatic heterocycles. The Morgan fingerprint density at radius 3 is 2.22 bits per heavy atom. The molecule has 1 amide bonds. The molecule has 2 aromatic rings. The zero-order valence-electron chi connectivity index (χ0n) is 15.9. The smallest absolute Gasteiger partial charge is 0.241 e. The molecule has 0 aliphatic rings. The fourth-order valence-electron chi connectivity index (χ4n) is 2.61. The Hall–Kier alpha value is -1.89. The lowest BCUT2D eigenvalue weighted by atomic mass is 10.0. The summed E-state index contributed by atoms with van der Waals surface area (Å²) in [6.07, 6.45) is 0. The van der Waals surface area contributed by atoms with Gasteiger partial charge in [-0.15, -0.1) is 0 Å². The van der Waals surface area contributed by atoms with Crippen molar-refractivity contribution in [1.29, 1.82) is 0 Å². The zero-order valence-corrected chi connectivity index (χ0v) is 17.4. The van der Waals surface area contributed by atoms with Gasteiger partial charge < -0.3 is 5.32 Å². The predicted molar refractivity (Wildman–Crippen MR) is 108 cm³/mol. The van der Waals surface area contributed by atoms with E-state index in [4.69, 9.17) is 11.6 Å². The minimum Gasteiger partial charge on any atom is -0.348 e. The molecule has 0 saturated heterocycles. The number of aryl methyl sites for hydroxylation is 1. The minimum atomic E-state index is -3.81. The maximum Gasteiger partial charge on any atom is 0.241 e. The molecule has 0 aliphatic heterocycles. The molecule has 0 radical (unpaired) electrons. The van der Waals surface area contributed by atoms with E-state index >= 15 is 0 Å². The molecule has 5 nitrogen and oxygen atoms in total. The van der Waals surface area contributed by atoms with Crippen molar-refractivity contribution in [3.63, 3.8) is 0 Å². The van der Waals surface area contributed by atoms with Crippen molar-refractivity contribution in [2.75, 3.05) is 0 Å². The van der Waals surface area contributed by atoms with Crippen molar-refractivity contribution >= 4 is 27.5 Å². The van der Waals surface area contributed by atoms with Crippen molar-refractivity contribution in [2.24, 2.45) is 5.92 Å². The lowest BCUT2D eigenvalue weighted by molar-refractivity contribution is -0.124. The van der Waals surface area contributed by atoms with Gasteiger partial charge in [-0.1, -0.05) is 55.3 Å². The minimum absolute atomic E-state index is 0.134. The molecular formula is C20H25ClN2O3S. The highest BCUT2D eigenvalue weighted by Crippen LogP contribution is 2.18. The van der Waals surface area contributed by atoms with E-state index in [1.165, 1.54) is 12.1 Å². The van der Waals surface area contributed by atoms with Crippen LogP contribution < -0.4 is 10.0 Å². The summed E-state index contributed by atoms with van der Waals surface area (Å²) in [5.74, 6) is -0.607. The Labute approximate surface area is 166 Å². The number of amides is 1. The lowest BCUT2D eigenvalue weighted by Gasteiger charge is -2.24. The Balaban J connectivity index is 2.16. The van der Waals surface area contributed by atoms with E-state index in [0.29, 0.717) is 5.02 Å². The third-order valence-electron chi connectivity index (χ3n) is 4.27. The number of halogens is 1. The Morgan fingerprint density at radius 1 is 1.04 bits per heavy atom. The van der Waals surface area contributed by atoms with Crippen molar-refractivity contribution in [3.8, 4) is 0 Å². The number of benzene rings is 2. The fourth-order valence-corrected chi connectivity index (χ4v) is 4.15. The van der Waals surface area contributed by atoms with Gasteiger partial charge in [0.1, 0.15) is 6.04 Å². The summed E-state index contributed by atoms with van der Waals surface area (Å²) in [6.45, 7) is 7.30. The molecule has 0 bridgehead atoms. The van der Waals surface area contributed by atoms with Crippen LogP contribution in [0.5, 0.6) is 0 Å². The fraction of sp³-hybridized carbons (Fsp3) is 0.350. The molecule has 0 heterocycles. The van der Waals surface area contributed by atoms with Gasteiger partial charge in [-0.2, -0.15) is 4.72 Å². The van der Waals surface area contributed by atoms with Gasteiger partial charge in [0.2, 0.25) is 15.9 Å². The van der Waals surface area contributed by atoms with E-state index in [1.807, 2.05) is 19.9 Å². The first-order valence-electron chi connectivity index (χ1n) is 8.75. The van der Waals surface area contributed by atoms with E-state index in [1.54, 1.807) is 44.2 Å². The topological polar surface area (TPSA) is 75.3 Å². The summed E-state index contributed by atoms with van der Waals surface area (Å²) in [4.78, 5) is 12.9. The monoisotopic (exact) mass is 408 g/mol. The number of carbonyl (C=O) groups excluding carboxylic acids is 1. The zero-order chi connectivity index (χ0) is 20.2. The maximum atomic E-state index is 12.7. The summed E-state index contributed by atoms with van der Waals surface area (Å²) in [6, 6.07) is 12.5. The standard InChI is InChI=1S/C20H25ClN2O3S/c1-13(2)19(23-27(25,26)18-10-8-14(3)9-11-18)20(24)22-15(4)16-6-5-7-17(21)12-16/h5-13,15,19,23H,1-4H3,(H,22,24). The van der Waals surface area contributed by atoms with Crippen LogP contribution in [0, 0.1) is 12.8 Å². The maximum absolute atomic E-state index is 12.7. The Kier molecular flexibility index (Phi) is 7.03. The normalized spacial score (nSPS) is 14.0. The van der Waals surface area contributed by atoms with Gasteiger partial charge >= 0.3 is 0 Å². The van der Waals surface area contributed by atoms with Crippen LogP contribution in [0.3, 0.4) is 0 Å². The van der Waals surface area contributed by atoms with Gasteiger partial charge in [0.15, 0.2) is 0 Å². The summed E-state index contributed by atoms with van der Waals surface area (Å²) in [5, 5.41) is 3.44. The number of nitrogens with one attached hydrogen (secondary N) is 2. The molecule has 27 heavy (non-hydrogen) atoms. The molecule has 2 atom stereocenters. The summed E-state index contributed by atoms with van der Waals surface area (Å²) < 4.78 is 27.8. The predicted octanol–water partition coefficient (Wildman–Crippen LogP) is 3.83. The van der Waals surface area contributed by atoms with Crippen LogP contribution in [0.1, 0.15) is 37.9 Å². The molecule has 0 fully saturated rings. The number of sulfonamides is 1. The molecule has 2 rings (SSSR count). The van der Waals surface area contributed by atoms with E-state index in [9.17, 15) is 13.2 Å². The van der Waals surface area contributed by atoms with Crippen LogP contribution in [0.2, 0.25) is 5.02 Å². The average Bonchev–Trinajstić information content (AvgIpc) is 2.59. The van der Waals surface area contributed by atoms with Crippen LogP contribution in [-0.2, 0) is 14.8 Å². The molecule has 0 saturated carbocycles. The van der Waals surface area contributed by atoms with Gasteiger partial charge in [-0.05, 0) is 49.6 Å². The molecule has 146 valence electrons. The number of hydrogen-bond acceptors (Lipinski definition) is 3. The Morgan fingerprint density at radius 2 is 1.67 bits per heavy atom. The lowest BCUT2D eigenvalue weighted by Crippen LogP contribution is -2.50. The number of rotatable bonds is 7. The second-order valence-corrected chi connectivity index (χ2v) is 9.09. The van der Waals surface area contributed by atoms with Gasteiger partial charge in [0.25, 0.3) is 0 Å². The number of carbonyl (C=O) groups is 1. The molecule has 2 aromatic carbocycles. The second-order valence-electron chi connectivity index (χ2n) is 6.94. The van der Waals surface area contributed by atoms with Crippen LogP contribution >= 0.6 is 11.6 Å². The third-order valence-corrected chi connectivity index (χ3v) is 5.96. The molecule has 0 spiro atoms. The number of hydrogen-bond donors (Lipinski definition) is 2. The van der Waals surface area contributed by atoms with E-state index < -0.39 is 16.1 Å². The molecule has 2 unspecified atom stereocenters. The van der Waals surface area contributed by atoms with E-state index in [-0.39, 0.29) is 22.8 Å².